The van der Waals surface area contributed by atoms with E-state index in [1.54, 1.807) is 12.4 Å². The van der Waals surface area contributed by atoms with E-state index in [-0.39, 0.29) is 24.1 Å². The van der Waals surface area contributed by atoms with Gasteiger partial charge in [-0.15, -0.1) is 0 Å². The Kier molecular flexibility index (Phi) is 6.37. The van der Waals surface area contributed by atoms with Gasteiger partial charge in [0.25, 0.3) is 0 Å². The molecule has 3 aromatic carbocycles. The first-order valence-electron chi connectivity index (χ1n) is 13.2. The van der Waals surface area contributed by atoms with Crippen molar-refractivity contribution in [2.24, 2.45) is 7.05 Å². The van der Waals surface area contributed by atoms with Crippen LogP contribution in [0.4, 0.5) is 4.39 Å². The molecule has 2 atom stereocenters. The Labute approximate surface area is 227 Å². The Balaban J connectivity index is 1.29. The van der Waals surface area contributed by atoms with Gasteiger partial charge < -0.3 is 18.8 Å². The van der Waals surface area contributed by atoms with E-state index >= 15 is 4.39 Å². The highest BCUT2D eigenvalue weighted by atomic mass is 19.1. The van der Waals surface area contributed by atoms with Gasteiger partial charge in [-0.3, -0.25) is 4.79 Å². The SMILES string of the molecule is COC(=O)C[C@@H]1COc2cc(O[C@@H]3CCc4c(-c5c(C)cc(-c6cn(C)cn6)cc5C)ccc(F)c43)ccc21. The minimum atomic E-state index is -0.390. The molecule has 0 radical (unpaired) electrons. The summed E-state index contributed by atoms with van der Waals surface area (Å²) in [5, 5.41) is 0. The fourth-order valence-corrected chi connectivity index (χ4v) is 6.07. The number of carbonyl (C=O) groups is 1. The molecule has 0 amide bonds. The van der Waals surface area contributed by atoms with Crippen molar-refractivity contribution >= 4 is 5.97 Å². The number of fused-ring (bicyclic) bond motifs is 2. The van der Waals surface area contributed by atoms with Crippen LogP contribution in [0.1, 0.15) is 52.7 Å². The van der Waals surface area contributed by atoms with Gasteiger partial charge in [-0.1, -0.05) is 12.1 Å². The number of hydrogen-bond donors (Lipinski definition) is 0. The van der Waals surface area contributed by atoms with Gasteiger partial charge in [-0.05, 0) is 78.8 Å². The number of benzene rings is 3. The number of aryl methyl sites for hydroxylation is 3. The van der Waals surface area contributed by atoms with Crippen molar-refractivity contribution < 1.29 is 23.4 Å². The van der Waals surface area contributed by atoms with Gasteiger partial charge in [0.2, 0.25) is 0 Å². The fourth-order valence-electron chi connectivity index (χ4n) is 6.07. The molecule has 2 heterocycles. The molecule has 0 saturated carbocycles. The van der Waals surface area contributed by atoms with Crippen molar-refractivity contribution in [3.8, 4) is 33.9 Å². The van der Waals surface area contributed by atoms with Crippen LogP contribution in [0, 0.1) is 19.7 Å². The molecule has 2 aliphatic rings. The normalized spacial score (nSPS) is 17.5. The third kappa shape index (κ3) is 4.56. The molecule has 4 aromatic rings. The molecular formula is C32H31FN2O4. The van der Waals surface area contributed by atoms with E-state index in [9.17, 15) is 4.79 Å². The van der Waals surface area contributed by atoms with E-state index in [1.807, 2.05) is 42.1 Å². The number of aromatic nitrogens is 2. The number of rotatable bonds is 6. The zero-order valence-electron chi connectivity index (χ0n) is 22.6. The molecule has 0 fully saturated rings. The van der Waals surface area contributed by atoms with Crippen molar-refractivity contribution in [3.05, 3.63) is 88.6 Å². The standard InChI is InChI=1S/C32H31FN2O4/c1-18-11-20(27-15-35(3)17-34-27)12-19(2)31(18)24-7-9-26(33)32-25(24)8-10-28(32)39-22-5-6-23-21(13-30(36)37-4)16-38-29(23)14-22/h5-7,9,11-12,14-15,17,21,28H,8,10,13,16H2,1-4H3/t21-,28-/m1/s1. The van der Waals surface area contributed by atoms with Gasteiger partial charge in [-0.25, -0.2) is 9.37 Å². The maximum absolute atomic E-state index is 15.3. The second-order valence-electron chi connectivity index (χ2n) is 10.5. The molecule has 39 heavy (non-hydrogen) atoms. The highest BCUT2D eigenvalue weighted by Gasteiger charge is 2.32. The molecule has 6 rings (SSSR count). The van der Waals surface area contributed by atoms with Crippen LogP contribution >= 0.6 is 0 Å². The van der Waals surface area contributed by atoms with Crippen LogP contribution in [-0.2, 0) is 23.0 Å². The minimum Gasteiger partial charge on any atom is -0.492 e. The topological polar surface area (TPSA) is 62.6 Å². The maximum atomic E-state index is 15.3. The lowest BCUT2D eigenvalue weighted by Gasteiger charge is -2.19. The zero-order chi connectivity index (χ0) is 27.3. The van der Waals surface area contributed by atoms with Crippen molar-refractivity contribution in [2.45, 2.75) is 45.1 Å². The minimum absolute atomic E-state index is 0.0377. The molecule has 0 N–H and O–H groups in total. The summed E-state index contributed by atoms with van der Waals surface area (Å²) in [6.45, 7) is 4.63. The smallest absolute Gasteiger partial charge is 0.306 e. The number of nitrogens with zero attached hydrogens (tertiary/aromatic N) is 2. The van der Waals surface area contributed by atoms with Gasteiger partial charge in [-0.2, -0.15) is 0 Å². The molecule has 0 saturated heterocycles. The van der Waals surface area contributed by atoms with E-state index < -0.39 is 6.10 Å². The average Bonchev–Trinajstić information content (AvgIpc) is 3.64. The third-order valence-electron chi connectivity index (χ3n) is 7.87. The van der Waals surface area contributed by atoms with Crippen molar-refractivity contribution in [1.82, 2.24) is 9.55 Å². The molecule has 1 aliphatic carbocycles. The van der Waals surface area contributed by atoms with Crippen LogP contribution in [0.5, 0.6) is 11.5 Å². The molecule has 7 heteroatoms. The predicted octanol–water partition coefficient (Wildman–Crippen LogP) is 6.62. The molecule has 0 spiro atoms. The number of imidazole rings is 1. The molecule has 1 aliphatic heterocycles. The summed E-state index contributed by atoms with van der Waals surface area (Å²) < 4.78 is 34.2. The maximum Gasteiger partial charge on any atom is 0.306 e. The monoisotopic (exact) mass is 526 g/mol. The van der Waals surface area contributed by atoms with E-state index in [0.717, 1.165) is 51.1 Å². The first kappa shape index (κ1) is 25.2. The van der Waals surface area contributed by atoms with Crippen LogP contribution in [0.25, 0.3) is 22.4 Å². The lowest BCUT2D eigenvalue weighted by atomic mass is 9.88. The van der Waals surface area contributed by atoms with Crippen LogP contribution in [-0.4, -0.2) is 29.2 Å². The summed E-state index contributed by atoms with van der Waals surface area (Å²) in [6.07, 6.45) is 5.12. The second-order valence-corrected chi connectivity index (χ2v) is 10.5. The van der Waals surface area contributed by atoms with Gasteiger partial charge >= 0.3 is 5.97 Å². The highest BCUT2D eigenvalue weighted by molar-refractivity contribution is 5.79. The number of hydrogen-bond acceptors (Lipinski definition) is 5. The van der Waals surface area contributed by atoms with Crippen molar-refractivity contribution in [3.63, 3.8) is 0 Å². The van der Waals surface area contributed by atoms with Gasteiger partial charge in [0.1, 0.15) is 23.4 Å². The second kappa shape index (κ2) is 9.88. The van der Waals surface area contributed by atoms with Crippen molar-refractivity contribution in [1.29, 1.82) is 0 Å². The fraction of sp³-hybridized carbons (Fsp3) is 0.312. The summed E-state index contributed by atoms with van der Waals surface area (Å²) in [7, 11) is 3.35. The molecular weight excluding hydrogens is 495 g/mol. The summed E-state index contributed by atoms with van der Waals surface area (Å²) in [5.41, 5.74) is 9.06. The predicted molar refractivity (Wildman–Crippen MR) is 147 cm³/mol. The summed E-state index contributed by atoms with van der Waals surface area (Å²) in [5.74, 6) is 0.786. The van der Waals surface area contributed by atoms with E-state index in [2.05, 4.69) is 31.0 Å². The number of halogens is 1. The lowest BCUT2D eigenvalue weighted by Crippen LogP contribution is -2.09. The lowest BCUT2D eigenvalue weighted by molar-refractivity contribution is -0.141. The first-order chi connectivity index (χ1) is 18.8. The van der Waals surface area contributed by atoms with E-state index in [0.29, 0.717) is 30.1 Å². The number of esters is 1. The van der Waals surface area contributed by atoms with Gasteiger partial charge in [0, 0.05) is 41.9 Å². The largest absolute Gasteiger partial charge is 0.492 e. The first-order valence-corrected chi connectivity index (χ1v) is 13.2. The Bertz CT molecular complexity index is 1570. The Morgan fingerprint density at radius 1 is 1.15 bits per heavy atom. The summed E-state index contributed by atoms with van der Waals surface area (Å²) in [6, 6.07) is 13.4. The van der Waals surface area contributed by atoms with Crippen molar-refractivity contribution in [2.75, 3.05) is 13.7 Å². The number of methoxy groups -OCH3 is 1. The van der Waals surface area contributed by atoms with Crippen LogP contribution < -0.4 is 9.47 Å². The summed E-state index contributed by atoms with van der Waals surface area (Å²) in [4.78, 5) is 16.2. The average molecular weight is 527 g/mol. The molecule has 6 nitrogen and oxygen atoms in total. The van der Waals surface area contributed by atoms with Crippen LogP contribution in [0.3, 0.4) is 0 Å². The van der Waals surface area contributed by atoms with E-state index in [1.165, 1.54) is 7.11 Å². The number of carbonyl (C=O) groups excluding carboxylic acids is 1. The molecule has 1 aromatic heterocycles. The number of ether oxygens (including phenoxy) is 3. The Morgan fingerprint density at radius 3 is 2.67 bits per heavy atom. The van der Waals surface area contributed by atoms with Gasteiger partial charge in [0.05, 0.1) is 32.2 Å². The molecule has 0 bridgehead atoms. The third-order valence-corrected chi connectivity index (χ3v) is 7.87. The highest BCUT2D eigenvalue weighted by Crippen LogP contribution is 2.45. The summed E-state index contributed by atoms with van der Waals surface area (Å²) >= 11 is 0. The van der Waals surface area contributed by atoms with Crippen LogP contribution in [0.15, 0.2) is 55.0 Å². The Morgan fingerprint density at radius 2 is 1.95 bits per heavy atom. The quantitative estimate of drug-likeness (QED) is 0.265. The zero-order valence-corrected chi connectivity index (χ0v) is 22.6. The molecule has 0 unspecified atom stereocenters. The van der Waals surface area contributed by atoms with Gasteiger partial charge in [0.15, 0.2) is 0 Å². The molecule has 200 valence electrons. The van der Waals surface area contributed by atoms with E-state index in [4.69, 9.17) is 14.2 Å². The Hall–Kier alpha value is -4.13. The van der Waals surface area contributed by atoms with Crippen LogP contribution in [0.2, 0.25) is 0 Å².